The van der Waals surface area contributed by atoms with Crippen molar-refractivity contribution in [2.24, 2.45) is 0 Å². The zero-order valence-corrected chi connectivity index (χ0v) is 11.4. The van der Waals surface area contributed by atoms with E-state index in [1.807, 2.05) is 13.0 Å². The second kappa shape index (κ2) is 4.65. The number of benzene rings is 2. The summed E-state index contributed by atoms with van der Waals surface area (Å²) < 4.78 is 1.11. The molecule has 0 radical (unpaired) electrons. The third-order valence-electron chi connectivity index (χ3n) is 3.14. The number of H-pyrrole nitrogens is 1. The summed E-state index contributed by atoms with van der Waals surface area (Å²) in [4.78, 5) is 27.3. The third-order valence-corrected chi connectivity index (χ3v) is 3.39. The maximum Gasteiger partial charge on any atom is 0.333 e. The van der Waals surface area contributed by atoms with Crippen molar-refractivity contribution in [1.29, 1.82) is 0 Å². The van der Waals surface area contributed by atoms with Crippen molar-refractivity contribution in [1.82, 2.24) is 9.55 Å². The number of nitrogens with one attached hydrogen (secondary N) is 1. The Morgan fingerprint density at radius 2 is 1.75 bits per heavy atom. The fourth-order valence-corrected chi connectivity index (χ4v) is 2.28. The summed E-state index contributed by atoms with van der Waals surface area (Å²) in [6.07, 6.45) is 0. The molecule has 0 atom stereocenters. The summed E-state index contributed by atoms with van der Waals surface area (Å²) in [6, 6.07) is 11.9. The topological polar surface area (TPSA) is 54.9 Å². The zero-order chi connectivity index (χ0) is 14.3. The van der Waals surface area contributed by atoms with Crippen molar-refractivity contribution >= 4 is 22.5 Å². The Bertz CT molecular complexity index is 908. The van der Waals surface area contributed by atoms with Gasteiger partial charge in [0.05, 0.1) is 16.6 Å². The number of fused-ring (bicyclic) bond motifs is 1. The van der Waals surface area contributed by atoms with Crippen LogP contribution in [0.4, 0.5) is 0 Å². The number of aromatic nitrogens is 2. The van der Waals surface area contributed by atoms with Gasteiger partial charge in [-0.1, -0.05) is 17.7 Å². The van der Waals surface area contributed by atoms with Gasteiger partial charge in [-0.2, -0.15) is 0 Å². The van der Waals surface area contributed by atoms with Gasteiger partial charge < -0.3 is 4.98 Å². The normalized spacial score (nSPS) is 10.9. The predicted molar refractivity (Wildman–Crippen MR) is 79.9 cm³/mol. The van der Waals surface area contributed by atoms with Crippen molar-refractivity contribution in [3.63, 3.8) is 0 Å². The van der Waals surface area contributed by atoms with Crippen LogP contribution in [0.3, 0.4) is 0 Å². The van der Waals surface area contributed by atoms with Gasteiger partial charge in [-0.3, -0.25) is 4.79 Å². The third kappa shape index (κ3) is 2.04. The van der Waals surface area contributed by atoms with E-state index in [0.717, 1.165) is 10.1 Å². The first-order valence-electron chi connectivity index (χ1n) is 6.08. The minimum absolute atomic E-state index is 0.342. The molecular formula is C15H11ClN2O2. The van der Waals surface area contributed by atoms with Crippen LogP contribution in [0.2, 0.25) is 5.02 Å². The van der Waals surface area contributed by atoms with Crippen LogP contribution in [0.1, 0.15) is 5.56 Å². The molecule has 4 nitrogen and oxygen atoms in total. The second-order valence-corrected chi connectivity index (χ2v) is 5.03. The molecule has 20 heavy (non-hydrogen) atoms. The van der Waals surface area contributed by atoms with Gasteiger partial charge in [0.2, 0.25) is 0 Å². The lowest BCUT2D eigenvalue weighted by atomic mass is 10.2. The molecule has 0 saturated heterocycles. The molecule has 1 N–H and O–H groups in total. The van der Waals surface area contributed by atoms with E-state index >= 15 is 0 Å². The average molecular weight is 287 g/mol. The minimum atomic E-state index is -0.463. The molecule has 0 fully saturated rings. The van der Waals surface area contributed by atoms with E-state index in [1.165, 1.54) is 0 Å². The quantitative estimate of drug-likeness (QED) is 0.748. The first-order valence-corrected chi connectivity index (χ1v) is 6.46. The molecule has 3 rings (SSSR count). The molecule has 100 valence electrons. The number of rotatable bonds is 1. The van der Waals surface area contributed by atoms with Gasteiger partial charge in [0.25, 0.3) is 5.56 Å². The first-order chi connectivity index (χ1) is 9.56. The Hall–Kier alpha value is -2.33. The van der Waals surface area contributed by atoms with E-state index < -0.39 is 5.69 Å². The number of hydrogen-bond acceptors (Lipinski definition) is 2. The Morgan fingerprint density at radius 1 is 1.05 bits per heavy atom. The molecule has 3 aromatic rings. The lowest BCUT2D eigenvalue weighted by Crippen LogP contribution is -2.33. The van der Waals surface area contributed by atoms with Crippen LogP contribution in [0.25, 0.3) is 16.6 Å². The van der Waals surface area contributed by atoms with E-state index in [-0.39, 0.29) is 5.56 Å². The fraction of sp³-hybridized carbons (Fsp3) is 0.0667. The number of hydrogen-bond donors (Lipinski definition) is 1. The van der Waals surface area contributed by atoms with Crippen LogP contribution in [0, 0.1) is 6.92 Å². The van der Waals surface area contributed by atoms with Gasteiger partial charge in [-0.05, 0) is 48.9 Å². The molecule has 0 unspecified atom stereocenters. The molecule has 2 aromatic carbocycles. The van der Waals surface area contributed by atoms with Crippen LogP contribution >= 0.6 is 11.6 Å². The molecule has 1 aromatic heterocycles. The number of nitrogens with zero attached hydrogens (tertiary/aromatic N) is 1. The Labute approximate surface area is 119 Å². The van der Waals surface area contributed by atoms with Crippen molar-refractivity contribution in [3.05, 3.63) is 73.9 Å². The van der Waals surface area contributed by atoms with Gasteiger partial charge in [0, 0.05) is 5.02 Å². The molecule has 0 amide bonds. The van der Waals surface area contributed by atoms with Crippen LogP contribution in [0.5, 0.6) is 0 Å². The van der Waals surface area contributed by atoms with Crippen molar-refractivity contribution in [3.8, 4) is 5.69 Å². The largest absolute Gasteiger partial charge is 0.333 e. The molecule has 0 aliphatic heterocycles. The Kier molecular flexibility index (Phi) is 2.95. The van der Waals surface area contributed by atoms with Crippen LogP contribution in [-0.4, -0.2) is 9.55 Å². The smallest absolute Gasteiger partial charge is 0.306 e. The summed E-state index contributed by atoms with van der Waals surface area (Å²) in [7, 11) is 0. The summed E-state index contributed by atoms with van der Waals surface area (Å²) >= 11 is 5.82. The van der Waals surface area contributed by atoms with E-state index in [1.54, 1.807) is 36.4 Å². The van der Waals surface area contributed by atoms with Gasteiger partial charge in [0.15, 0.2) is 0 Å². The van der Waals surface area contributed by atoms with E-state index in [4.69, 9.17) is 11.6 Å². The van der Waals surface area contributed by atoms with Gasteiger partial charge in [-0.25, -0.2) is 9.36 Å². The first kappa shape index (κ1) is 12.7. The molecule has 5 heteroatoms. The van der Waals surface area contributed by atoms with Crippen molar-refractivity contribution in [2.45, 2.75) is 6.92 Å². The minimum Gasteiger partial charge on any atom is -0.306 e. The highest BCUT2D eigenvalue weighted by Crippen LogP contribution is 2.12. The summed E-state index contributed by atoms with van der Waals surface area (Å²) in [5.41, 5.74) is 1.21. The van der Waals surface area contributed by atoms with Gasteiger partial charge >= 0.3 is 5.69 Å². The predicted octanol–water partition coefficient (Wildman–Crippen LogP) is 2.64. The molecule has 0 aliphatic rings. The Morgan fingerprint density at radius 3 is 2.45 bits per heavy atom. The fourth-order valence-electron chi connectivity index (χ4n) is 2.16. The molecule has 0 aliphatic carbocycles. The van der Waals surface area contributed by atoms with Crippen molar-refractivity contribution in [2.75, 3.05) is 0 Å². The van der Waals surface area contributed by atoms with Gasteiger partial charge in [0.1, 0.15) is 0 Å². The monoisotopic (exact) mass is 286 g/mol. The van der Waals surface area contributed by atoms with E-state index in [2.05, 4.69) is 4.98 Å². The SMILES string of the molecule is Cc1ccc2c(=O)n(-c3ccc(Cl)cc3)c(=O)[nH]c2c1. The highest BCUT2D eigenvalue weighted by Gasteiger charge is 2.09. The lowest BCUT2D eigenvalue weighted by molar-refractivity contribution is 0.901. The Balaban J connectivity index is 2.37. The van der Waals surface area contributed by atoms with Crippen LogP contribution in [-0.2, 0) is 0 Å². The number of halogens is 1. The number of aryl methyl sites for hydroxylation is 1. The number of aromatic amines is 1. The lowest BCUT2D eigenvalue weighted by Gasteiger charge is -2.07. The van der Waals surface area contributed by atoms with E-state index in [9.17, 15) is 9.59 Å². The van der Waals surface area contributed by atoms with Gasteiger partial charge in [-0.15, -0.1) is 0 Å². The van der Waals surface area contributed by atoms with Crippen LogP contribution < -0.4 is 11.2 Å². The summed E-state index contributed by atoms with van der Waals surface area (Å²) in [5.74, 6) is 0. The van der Waals surface area contributed by atoms with Crippen molar-refractivity contribution < 1.29 is 0 Å². The zero-order valence-electron chi connectivity index (χ0n) is 10.7. The maximum absolute atomic E-state index is 12.5. The van der Waals surface area contributed by atoms with Crippen LogP contribution in [0.15, 0.2) is 52.1 Å². The molecule has 0 spiro atoms. The molecule has 1 heterocycles. The second-order valence-electron chi connectivity index (χ2n) is 4.60. The highest BCUT2D eigenvalue weighted by molar-refractivity contribution is 6.30. The standard InChI is InChI=1S/C15H11ClN2O2/c1-9-2-7-12-13(8-9)17-15(20)18(14(12)19)11-5-3-10(16)4-6-11/h2-8H,1H3,(H,17,20). The highest BCUT2D eigenvalue weighted by atomic mass is 35.5. The van der Waals surface area contributed by atoms with E-state index in [0.29, 0.717) is 21.6 Å². The summed E-state index contributed by atoms with van der Waals surface area (Å²) in [6.45, 7) is 1.91. The molecular weight excluding hydrogens is 276 g/mol. The summed E-state index contributed by atoms with van der Waals surface area (Å²) in [5, 5.41) is 1.03. The molecule has 0 bridgehead atoms. The maximum atomic E-state index is 12.5. The molecule has 0 saturated carbocycles. The average Bonchev–Trinajstić information content (AvgIpc) is 2.40.